The molecule has 0 saturated heterocycles. The van der Waals surface area contributed by atoms with Crippen LogP contribution in [-0.2, 0) is 4.74 Å². The summed E-state index contributed by atoms with van der Waals surface area (Å²) in [6.45, 7) is 2.34. The van der Waals surface area contributed by atoms with Gasteiger partial charge in [0.15, 0.2) is 0 Å². The van der Waals surface area contributed by atoms with Crippen molar-refractivity contribution in [2.24, 2.45) is 10.8 Å². The number of carbonyl (C=O) groups is 1. The predicted octanol–water partition coefficient (Wildman–Crippen LogP) is -1.30. The first-order valence-corrected chi connectivity index (χ1v) is 5.80. The number of methoxy groups -OCH3 is 1. The second-order valence-corrected chi connectivity index (χ2v) is 3.77. The van der Waals surface area contributed by atoms with Gasteiger partial charge in [-0.05, 0) is 6.42 Å². The Balaban J connectivity index is 3.70. The third kappa shape index (κ3) is 8.59. The molecule has 0 unspecified atom stereocenters. The number of guanidine groups is 1. The van der Waals surface area contributed by atoms with Crippen LogP contribution in [-0.4, -0.2) is 64.3 Å². The van der Waals surface area contributed by atoms with Crippen LogP contribution < -0.4 is 21.9 Å². The minimum Gasteiger partial charge on any atom is -0.385 e. The fraction of sp³-hybridized carbons (Fsp3) is 0.800. The van der Waals surface area contributed by atoms with Gasteiger partial charge in [-0.2, -0.15) is 0 Å². The third-order valence-corrected chi connectivity index (χ3v) is 2.01. The zero-order valence-electron chi connectivity index (χ0n) is 11.3. The lowest BCUT2D eigenvalue weighted by Crippen LogP contribution is -2.45. The van der Waals surface area contributed by atoms with Crippen molar-refractivity contribution in [1.82, 2.24) is 21.0 Å². The highest BCUT2D eigenvalue weighted by Gasteiger charge is 2.01. The van der Waals surface area contributed by atoms with Gasteiger partial charge in [-0.3, -0.25) is 10.4 Å². The van der Waals surface area contributed by atoms with Crippen LogP contribution >= 0.6 is 0 Å². The molecule has 0 fully saturated rings. The second-order valence-electron chi connectivity index (χ2n) is 3.77. The Bertz CT molecular complexity index is 257. The quantitative estimate of drug-likeness (QED) is 0.150. The molecule has 0 aromatic carbocycles. The van der Waals surface area contributed by atoms with Crippen molar-refractivity contribution >= 4 is 12.0 Å². The number of nitrogens with two attached hydrogens (primary N) is 1. The third-order valence-electron chi connectivity index (χ3n) is 2.01. The fourth-order valence-corrected chi connectivity index (χ4v) is 1.06. The number of urea groups is 1. The van der Waals surface area contributed by atoms with Crippen molar-refractivity contribution in [3.63, 3.8) is 0 Å². The van der Waals surface area contributed by atoms with E-state index in [0.29, 0.717) is 32.2 Å². The molecule has 0 aromatic rings. The number of rotatable bonds is 7. The summed E-state index contributed by atoms with van der Waals surface area (Å²) < 4.78 is 4.91. The molecule has 0 spiro atoms. The van der Waals surface area contributed by atoms with Crippen LogP contribution in [0.2, 0.25) is 0 Å². The van der Waals surface area contributed by atoms with Gasteiger partial charge in [0.25, 0.3) is 0 Å². The molecule has 8 heteroatoms. The Morgan fingerprint density at radius 2 is 2.00 bits per heavy atom. The minimum atomic E-state index is -0.129. The molecule has 0 bridgehead atoms. The van der Waals surface area contributed by atoms with Crippen LogP contribution in [0.4, 0.5) is 4.79 Å². The molecule has 8 nitrogen and oxygen atoms in total. The standard InChI is InChI=1S/C10H24N6O2/c1-16(2)10(17)14-7-6-13-9(15-11)12-5-4-8-18-3/h4-8,11H2,1-3H3,(H,14,17)(H2,12,13,15). The highest BCUT2D eigenvalue weighted by atomic mass is 16.5. The maximum absolute atomic E-state index is 11.2. The van der Waals surface area contributed by atoms with Gasteiger partial charge in [0, 0.05) is 47.4 Å². The largest absolute Gasteiger partial charge is 0.385 e. The summed E-state index contributed by atoms with van der Waals surface area (Å²) in [5.41, 5.74) is 2.46. The average molecular weight is 260 g/mol. The van der Waals surface area contributed by atoms with Crippen molar-refractivity contribution < 1.29 is 9.53 Å². The van der Waals surface area contributed by atoms with Crippen molar-refractivity contribution in [3.05, 3.63) is 0 Å². The number of ether oxygens (including phenoxy) is 1. The van der Waals surface area contributed by atoms with E-state index < -0.39 is 0 Å². The van der Waals surface area contributed by atoms with E-state index in [0.717, 1.165) is 6.42 Å². The molecule has 0 saturated carbocycles. The average Bonchev–Trinajstić information content (AvgIpc) is 2.36. The maximum atomic E-state index is 11.2. The summed E-state index contributed by atoms with van der Waals surface area (Å²) in [5, 5.41) is 5.70. The number of nitrogens with one attached hydrogen (secondary N) is 3. The number of aliphatic imine (C=N–C) groups is 1. The first kappa shape index (κ1) is 16.5. The van der Waals surface area contributed by atoms with E-state index >= 15 is 0 Å². The van der Waals surface area contributed by atoms with Crippen molar-refractivity contribution in [2.45, 2.75) is 6.42 Å². The van der Waals surface area contributed by atoms with Crippen molar-refractivity contribution in [3.8, 4) is 0 Å². The molecule has 0 aromatic heterocycles. The monoisotopic (exact) mass is 260 g/mol. The lowest BCUT2D eigenvalue weighted by molar-refractivity contribution is 0.197. The summed E-state index contributed by atoms with van der Waals surface area (Å²) in [6.07, 6.45) is 0.834. The van der Waals surface area contributed by atoms with Crippen LogP contribution in [0.25, 0.3) is 0 Å². The number of carbonyl (C=O) groups excluding carboxylic acids is 1. The van der Waals surface area contributed by atoms with Gasteiger partial charge >= 0.3 is 6.03 Å². The van der Waals surface area contributed by atoms with E-state index in [1.54, 1.807) is 21.2 Å². The highest BCUT2D eigenvalue weighted by molar-refractivity contribution is 5.79. The Morgan fingerprint density at radius 3 is 2.56 bits per heavy atom. The first-order valence-electron chi connectivity index (χ1n) is 5.80. The van der Waals surface area contributed by atoms with Gasteiger partial charge in [-0.1, -0.05) is 0 Å². The summed E-state index contributed by atoms with van der Waals surface area (Å²) in [7, 11) is 5.03. The molecule has 5 N–H and O–H groups in total. The molecule has 106 valence electrons. The van der Waals surface area contributed by atoms with Gasteiger partial charge in [0.05, 0.1) is 0 Å². The molecule has 0 radical (unpaired) electrons. The number of amides is 2. The van der Waals surface area contributed by atoms with Crippen LogP contribution in [0.5, 0.6) is 0 Å². The topological polar surface area (TPSA) is 104 Å². The van der Waals surface area contributed by atoms with Gasteiger partial charge in [-0.15, -0.1) is 0 Å². The van der Waals surface area contributed by atoms with E-state index in [1.165, 1.54) is 4.90 Å². The van der Waals surface area contributed by atoms with Gasteiger partial charge in [0.2, 0.25) is 5.96 Å². The summed E-state index contributed by atoms with van der Waals surface area (Å²) in [6, 6.07) is -0.129. The molecule has 0 aliphatic rings. The summed E-state index contributed by atoms with van der Waals surface area (Å²) in [5.74, 6) is 5.81. The van der Waals surface area contributed by atoms with Crippen LogP contribution in [0.3, 0.4) is 0 Å². The van der Waals surface area contributed by atoms with Gasteiger partial charge < -0.3 is 20.3 Å². The molecule has 2 amide bonds. The van der Waals surface area contributed by atoms with E-state index in [2.05, 4.69) is 21.1 Å². The van der Waals surface area contributed by atoms with Crippen molar-refractivity contribution in [1.29, 1.82) is 0 Å². The van der Waals surface area contributed by atoms with Crippen LogP contribution in [0.15, 0.2) is 4.99 Å². The number of hydrogen-bond donors (Lipinski definition) is 4. The molecule has 18 heavy (non-hydrogen) atoms. The second kappa shape index (κ2) is 10.6. The SMILES string of the molecule is COCCCN=C(NN)NCCNC(=O)N(C)C. The minimum absolute atomic E-state index is 0.129. The lowest BCUT2D eigenvalue weighted by atomic mass is 10.5. The molecular formula is C10H24N6O2. The Kier molecular flexibility index (Phi) is 9.70. The molecule has 0 heterocycles. The molecule has 0 rings (SSSR count). The van der Waals surface area contributed by atoms with E-state index in [-0.39, 0.29) is 6.03 Å². The van der Waals surface area contributed by atoms with E-state index in [4.69, 9.17) is 10.6 Å². The maximum Gasteiger partial charge on any atom is 0.316 e. The Labute approximate surface area is 108 Å². The molecule has 0 aliphatic carbocycles. The summed E-state index contributed by atoms with van der Waals surface area (Å²) >= 11 is 0. The van der Waals surface area contributed by atoms with Crippen LogP contribution in [0, 0.1) is 0 Å². The smallest absolute Gasteiger partial charge is 0.316 e. The molecular weight excluding hydrogens is 236 g/mol. The first-order chi connectivity index (χ1) is 8.61. The summed E-state index contributed by atoms with van der Waals surface area (Å²) in [4.78, 5) is 16.9. The highest BCUT2D eigenvalue weighted by Crippen LogP contribution is 1.82. The van der Waals surface area contributed by atoms with E-state index in [9.17, 15) is 4.79 Å². The normalized spacial score (nSPS) is 11.0. The Morgan fingerprint density at radius 1 is 1.33 bits per heavy atom. The predicted molar refractivity (Wildman–Crippen MR) is 71.2 cm³/mol. The van der Waals surface area contributed by atoms with Gasteiger partial charge in [0.1, 0.15) is 0 Å². The molecule has 0 aliphatic heterocycles. The fourth-order valence-electron chi connectivity index (χ4n) is 1.06. The lowest BCUT2D eigenvalue weighted by Gasteiger charge is -2.13. The zero-order valence-corrected chi connectivity index (χ0v) is 11.3. The van der Waals surface area contributed by atoms with Crippen LogP contribution in [0.1, 0.15) is 6.42 Å². The van der Waals surface area contributed by atoms with Gasteiger partial charge in [-0.25, -0.2) is 10.6 Å². The number of nitrogens with zero attached hydrogens (tertiary/aromatic N) is 2. The van der Waals surface area contributed by atoms with Crippen molar-refractivity contribution in [2.75, 3.05) is 47.4 Å². The number of hydrazine groups is 1. The number of hydrogen-bond acceptors (Lipinski definition) is 4. The molecule has 0 atom stereocenters. The van der Waals surface area contributed by atoms with E-state index in [1.807, 2.05) is 0 Å². The Hall–Kier alpha value is -1.54. The zero-order chi connectivity index (χ0) is 13.8.